The molecule has 3 atom stereocenters. The van der Waals surface area contributed by atoms with Crippen molar-refractivity contribution in [2.75, 3.05) is 13.1 Å². The van der Waals surface area contributed by atoms with Crippen molar-refractivity contribution in [1.82, 2.24) is 10.6 Å². The van der Waals surface area contributed by atoms with Gasteiger partial charge in [0.15, 0.2) is 0 Å². The lowest BCUT2D eigenvalue weighted by Crippen LogP contribution is -2.37. The van der Waals surface area contributed by atoms with Crippen LogP contribution in [-0.4, -0.2) is 24.9 Å². The van der Waals surface area contributed by atoms with E-state index in [0.29, 0.717) is 30.7 Å². The third kappa shape index (κ3) is 5.55. The smallest absolute Gasteiger partial charge is 0.221 e. The SMILES string of the molecule is C#CCNC(=O)CC1CC(C(C)C)C(CNC(C)=O)C=C1C. The second-order valence-electron chi connectivity index (χ2n) is 6.54. The summed E-state index contributed by atoms with van der Waals surface area (Å²) in [6.45, 7) is 8.99. The summed E-state index contributed by atoms with van der Waals surface area (Å²) in [6.07, 6.45) is 8.87. The highest BCUT2D eigenvalue weighted by Crippen LogP contribution is 2.38. The summed E-state index contributed by atoms with van der Waals surface area (Å²) in [5, 5.41) is 5.66. The number of nitrogens with one attached hydrogen (secondary N) is 2. The first-order chi connectivity index (χ1) is 10.3. The van der Waals surface area contributed by atoms with Gasteiger partial charge >= 0.3 is 0 Å². The Balaban J connectivity index is 2.75. The van der Waals surface area contributed by atoms with Gasteiger partial charge in [-0.25, -0.2) is 0 Å². The lowest BCUT2D eigenvalue weighted by molar-refractivity contribution is -0.121. The Bertz CT molecular complexity index is 474. The molecule has 0 spiro atoms. The minimum Gasteiger partial charge on any atom is -0.356 e. The van der Waals surface area contributed by atoms with Crippen molar-refractivity contribution in [2.24, 2.45) is 23.7 Å². The summed E-state index contributed by atoms with van der Waals surface area (Å²) in [7, 11) is 0. The molecule has 0 radical (unpaired) electrons. The van der Waals surface area contributed by atoms with Crippen molar-refractivity contribution in [3.8, 4) is 12.3 Å². The van der Waals surface area contributed by atoms with Crippen LogP contribution >= 0.6 is 0 Å². The van der Waals surface area contributed by atoms with E-state index < -0.39 is 0 Å². The van der Waals surface area contributed by atoms with Gasteiger partial charge in [-0.15, -0.1) is 6.42 Å². The van der Waals surface area contributed by atoms with E-state index in [9.17, 15) is 9.59 Å². The maximum Gasteiger partial charge on any atom is 0.221 e. The Kier molecular flexibility index (Phi) is 7.17. The summed E-state index contributed by atoms with van der Waals surface area (Å²) in [5.41, 5.74) is 1.24. The Hall–Kier alpha value is -1.76. The third-order valence-corrected chi connectivity index (χ3v) is 4.49. The summed E-state index contributed by atoms with van der Waals surface area (Å²) in [4.78, 5) is 23.1. The van der Waals surface area contributed by atoms with Crippen LogP contribution in [0, 0.1) is 36.0 Å². The number of allylic oxidation sites excluding steroid dienone is 1. The maximum absolute atomic E-state index is 11.9. The van der Waals surface area contributed by atoms with Gasteiger partial charge in [-0.05, 0) is 37.0 Å². The van der Waals surface area contributed by atoms with Crippen LogP contribution in [0.25, 0.3) is 0 Å². The Labute approximate surface area is 134 Å². The average Bonchev–Trinajstić information content (AvgIpc) is 2.44. The first-order valence-corrected chi connectivity index (χ1v) is 7.98. The molecule has 0 bridgehead atoms. The molecule has 1 aliphatic rings. The molecular formula is C18H28N2O2. The molecule has 4 heteroatoms. The van der Waals surface area contributed by atoms with Crippen LogP contribution in [-0.2, 0) is 9.59 Å². The Morgan fingerprint density at radius 2 is 2.09 bits per heavy atom. The fourth-order valence-corrected chi connectivity index (χ4v) is 3.21. The molecule has 2 amide bonds. The van der Waals surface area contributed by atoms with Crippen LogP contribution in [0.3, 0.4) is 0 Å². The van der Waals surface area contributed by atoms with E-state index >= 15 is 0 Å². The molecule has 122 valence electrons. The van der Waals surface area contributed by atoms with Gasteiger partial charge in [0.05, 0.1) is 6.54 Å². The van der Waals surface area contributed by atoms with E-state index in [1.165, 1.54) is 5.57 Å². The van der Waals surface area contributed by atoms with Crippen molar-refractivity contribution in [2.45, 2.75) is 40.5 Å². The molecule has 0 saturated carbocycles. The largest absolute Gasteiger partial charge is 0.356 e. The summed E-state index contributed by atoms with van der Waals surface area (Å²) in [5.74, 6) is 4.03. The molecule has 0 aromatic carbocycles. The Morgan fingerprint density at radius 3 is 2.64 bits per heavy atom. The van der Waals surface area contributed by atoms with Crippen molar-refractivity contribution in [1.29, 1.82) is 0 Å². The van der Waals surface area contributed by atoms with E-state index in [4.69, 9.17) is 6.42 Å². The second-order valence-corrected chi connectivity index (χ2v) is 6.54. The van der Waals surface area contributed by atoms with Crippen molar-refractivity contribution >= 4 is 11.8 Å². The molecule has 0 fully saturated rings. The van der Waals surface area contributed by atoms with Gasteiger partial charge in [-0.2, -0.15) is 0 Å². The molecule has 0 heterocycles. The van der Waals surface area contributed by atoms with E-state index in [-0.39, 0.29) is 24.3 Å². The molecule has 0 saturated heterocycles. The molecule has 0 aliphatic heterocycles. The quantitative estimate of drug-likeness (QED) is 0.583. The van der Waals surface area contributed by atoms with Crippen LogP contribution in [0.5, 0.6) is 0 Å². The average molecular weight is 304 g/mol. The first kappa shape index (κ1) is 18.3. The lowest BCUT2D eigenvalue weighted by Gasteiger charge is -2.37. The third-order valence-electron chi connectivity index (χ3n) is 4.49. The highest BCUT2D eigenvalue weighted by atomic mass is 16.2. The minimum atomic E-state index is 0.00402. The number of carbonyl (C=O) groups is 2. The van der Waals surface area contributed by atoms with Gasteiger partial charge in [0, 0.05) is 19.9 Å². The number of rotatable bonds is 6. The van der Waals surface area contributed by atoms with Gasteiger partial charge in [-0.3, -0.25) is 9.59 Å². The van der Waals surface area contributed by atoms with Gasteiger partial charge in [0.25, 0.3) is 0 Å². The zero-order valence-corrected chi connectivity index (χ0v) is 14.1. The van der Waals surface area contributed by atoms with E-state index in [1.54, 1.807) is 6.92 Å². The van der Waals surface area contributed by atoms with E-state index in [2.05, 4.69) is 43.4 Å². The molecule has 1 rings (SSSR count). The molecule has 2 N–H and O–H groups in total. The minimum absolute atomic E-state index is 0.00402. The predicted octanol–water partition coefficient (Wildman–Crippen LogP) is 2.12. The topological polar surface area (TPSA) is 58.2 Å². The fourth-order valence-electron chi connectivity index (χ4n) is 3.21. The van der Waals surface area contributed by atoms with E-state index in [1.807, 2.05) is 0 Å². The first-order valence-electron chi connectivity index (χ1n) is 7.98. The van der Waals surface area contributed by atoms with Crippen LogP contribution in [0.1, 0.15) is 40.5 Å². The highest BCUT2D eigenvalue weighted by Gasteiger charge is 2.32. The van der Waals surface area contributed by atoms with Crippen molar-refractivity contribution in [3.05, 3.63) is 11.6 Å². The van der Waals surface area contributed by atoms with Crippen LogP contribution in [0.4, 0.5) is 0 Å². The van der Waals surface area contributed by atoms with Gasteiger partial charge in [0.2, 0.25) is 11.8 Å². The molecule has 3 unspecified atom stereocenters. The fraction of sp³-hybridized carbons (Fsp3) is 0.667. The zero-order chi connectivity index (χ0) is 16.7. The van der Waals surface area contributed by atoms with Crippen molar-refractivity contribution in [3.63, 3.8) is 0 Å². The monoisotopic (exact) mass is 304 g/mol. The summed E-state index contributed by atoms with van der Waals surface area (Å²) in [6, 6.07) is 0. The van der Waals surface area contributed by atoms with E-state index in [0.717, 1.165) is 6.42 Å². The normalized spacial score (nSPS) is 24.4. The number of hydrogen-bond acceptors (Lipinski definition) is 2. The lowest BCUT2D eigenvalue weighted by atomic mass is 9.69. The van der Waals surface area contributed by atoms with Crippen LogP contribution in [0.15, 0.2) is 11.6 Å². The van der Waals surface area contributed by atoms with Crippen LogP contribution in [0.2, 0.25) is 0 Å². The number of carbonyl (C=O) groups excluding carboxylic acids is 2. The molecule has 4 nitrogen and oxygen atoms in total. The number of hydrogen-bond donors (Lipinski definition) is 2. The van der Waals surface area contributed by atoms with Crippen LogP contribution < -0.4 is 10.6 Å². The standard InChI is InChI=1S/C18H28N2O2/c1-6-7-19-18(22)10-15-9-17(12(2)3)16(8-13(15)4)11-20-14(5)21/h1,8,12,15-17H,7,9-11H2,2-5H3,(H,19,22)(H,20,21). The maximum atomic E-state index is 11.9. The van der Waals surface area contributed by atoms with Crippen molar-refractivity contribution < 1.29 is 9.59 Å². The second kappa shape index (κ2) is 8.63. The van der Waals surface area contributed by atoms with Gasteiger partial charge < -0.3 is 10.6 Å². The highest BCUT2D eigenvalue weighted by molar-refractivity contribution is 5.76. The molecule has 22 heavy (non-hydrogen) atoms. The zero-order valence-electron chi connectivity index (χ0n) is 14.1. The molecule has 0 aromatic rings. The molecular weight excluding hydrogens is 276 g/mol. The Morgan fingerprint density at radius 1 is 1.41 bits per heavy atom. The summed E-state index contributed by atoms with van der Waals surface area (Å²) < 4.78 is 0. The van der Waals surface area contributed by atoms with Gasteiger partial charge in [0.1, 0.15) is 0 Å². The molecule has 0 aromatic heterocycles. The predicted molar refractivity (Wildman–Crippen MR) is 88.8 cm³/mol. The summed E-state index contributed by atoms with van der Waals surface area (Å²) >= 11 is 0. The number of terminal acetylenes is 1. The number of amides is 2. The molecule has 1 aliphatic carbocycles. The van der Waals surface area contributed by atoms with Gasteiger partial charge in [-0.1, -0.05) is 31.4 Å².